The molecule has 20 nitrogen and oxygen atoms in total. The summed E-state index contributed by atoms with van der Waals surface area (Å²) in [7, 11) is -18.6. The molecule has 3 aliphatic carbocycles. The Bertz CT molecular complexity index is 5040. The molecule has 1 fully saturated rings. The maximum atomic E-state index is 15.4. The molecule has 0 amide bonds. The first kappa shape index (κ1) is 146. The van der Waals surface area contributed by atoms with Crippen LogP contribution in [0.4, 0.5) is 132 Å². The quantitative estimate of drug-likeness (QED) is 0.0412. The van der Waals surface area contributed by atoms with Crippen LogP contribution in [0.1, 0.15) is 130 Å². The van der Waals surface area contributed by atoms with Crippen LogP contribution in [-0.2, 0) is 57.9 Å². The number of fused-ring (bicyclic) bond motifs is 10. The number of alkyl halides is 30. The van der Waals surface area contributed by atoms with Crippen molar-refractivity contribution in [2.45, 2.75) is 283 Å². The molecule has 0 saturated heterocycles. The van der Waals surface area contributed by atoms with Crippen molar-refractivity contribution in [3.8, 4) is 0 Å². The number of hydrogen-bond donors (Lipinski definition) is 12. The van der Waals surface area contributed by atoms with E-state index in [-0.39, 0.29) is 148 Å². The van der Waals surface area contributed by atoms with Crippen molar-refractivity contribution in [2.75, 3.05) is 0 Å². The van der Waals surface area contributed by atoms with E-state index in [0.29, 0.717) is 26.5 Å². The van der Waals surface area contributed by atoms with Crippen molar-refractivity contribution in [1.82, 2.24) is 0 Å². The van der Waals surface area contributed by atoms with Gasteiger partial charge in [-0.3, -0.25) is 0 Å². The number of aliphatic hydroxyl groups excluding tert-OH is 12. The molecular formula is C76H82Eu2F30I6O20S4UV-2. The molecule has 0 spiro atoms. The van der Waals surface area contributed by atoms with Crippen molar-refractivity contribution in [3.05, 3.63) is 151 Å². The first-order valence-corrected chi connectivity index (χ1v) is 68.5. The Labute approximate surface area is 957 Å². The monoisotopic (exact) mass is 3370 g/mol. The maximum Gasteiger partial charge on any atom is 0 e. The number of sulfone groups is 4. The Balaban J connectivity index is -0.00000164. The molecule has 11 rings (SSSR count). The zero-order chi connectivity index (χ0) is 107. The first-order valence-electron chi connectivity index (χ1n) is 37.5. The van der Waals surface area contributed by atoms with E-state index in [1.165, 1.54) is 90.1 Å². The first-order chi connectivity index (χ1) is 60.8. The van der Waals surface area contributed by atoms with Gasteiger partial charge in [-0.1, -0.05) is 72.8 Å². The molecule has 140 heavy (non-hydrogen) atoms. The summed E-state index contributed by atoms with van der Waals surface area (Å²) in [5.41, 5.74) is -13.4. The molecule has 0 aromatic heterocycles. The second-order valence-corrected chi connectivity index (χ2v) is 71.7. The van der Waals surface area contributed by atoms with Gasteiger partial charge < -0.3 is 61.3 Å². The number of allylic oxidation sites excluding steroid dienone is 8. The van der Waals surface area contributed by atoms with Crippen LogP contribution in [0.15, 0.2) is 149 Å². The molecule has 12 unspecified atom stereocenters. The standard InChI is InChI=1S/2C23H14F6O4S2.6C5H9F3O2.2Eu.2I3.U.V/c1-19-15(11-7-3-5-9-13(11)34(19,30)31)17-18(22(26,27)23(28,29)21(17,24)25)16-12-8-4-6-10-14(12)35(32,33)20(16,19)2;1-11-17(13-7-3-5-9-15(13)34(11,30)31)19-20(22(26,27)23(28,29)21(19,24)25)18-12(2)35(32,33)16-10-6-4-8-14(16)18;6*1-3(9)2-4(10)5(6,7)8;;;2*1-3-2;;/h2*3-10H,1-2H3;6*3-4,9-10H,2H2,1H3;;;;;;/q;;;;;;;;;;2*-1;;/t19-,20-;;;;;;;;;;;;;/m0............./s1. The van der Waals surface area contributed by atoms with Gasteiger partial charge in [-0.25, -0.2) is 33.7 Å². The molecule has 807 valence electrons. The smallest absolute Gasteiger partial charge is 0 e. The molecule has 1 saturated carbocycles. The number of benzene rings is 4. The summed E-state index contributed by atoms with van der Waals surface area (Å²) in [5, 5.41) is 100. The summed E-state index contributed by atoms with van der Waals surface area (Å²) in [6.45, 7) is 10.5. The Morgan fingerprint density at radius 3 is 0.600 bits per heavy atom. The van der Waals surface area contributed by atoms with Crippen molar-refractivity contribution < 1.29 is 402 Å². The van der Waals surface area contributed by atoms with Gasteiger partial charge in [0.25, 0.3) is 0 Å². The van der Waals surface area contributed by atoms with E-state index >= 15 is 35.1 Å². The third-order valence-corrected chi connectivity index (χ3v) is 29.5. The number of hydrogen-bond acceptors (Lipinski definition) is 20. The minimum absolute atomic E-state index is 0. The number of halogens is 36. The van der Waals surface area contributed by atoms with Gasteiger partial charge in [-0.2, -0.15) is 132 Å². The molecule has 3 radical (unpaired) electrons. The predicted molar refractivity (Wildman–Crippen MR) is 453 cm³/mol. The normalized spacial score (nSPS) is 22.9. The second kappa shape index (κ2) is 55.1. The van der Waals surface area contributed by atoms with Gasteiger partial charge in [-0.05, 0) is 116 Å². The summed E-state index contributed by atoms with van der Waals surface area (Å²) in [6, 6.07) is 18.3. The van der Waals surface area contributed by atoms with E-state index in [9.17, 15) is 130 Å². The van der Waals surface area contributed by atoms with Gasteiger partial charge in [-0.15, -0.1) is 0 Å². The van der Waals surface area contributed by atoms with Gasteiger partial charge in [0.05, 0.1) is 66.0 Å². The number of aliphatic hydroxyl groups is 12. The van der Waals surface area contributed by atoms with Crippen LogP contribution in [0.2, 0.25) is 0 Å². The molecule has 12 N–H and O–H groups in total. The average Bonchev–Trinajstić information content (AvgIpc) is 1.45. The molecule has 4 aliphatic heterocycles. The number of rotatable bonds is 14. The molecule has 64 heteroatoms. The SMILES string of the molecule is CC(O)CC(O)C(F)(F)F.CC(O)CC(O)C(F)(F)F.CC(O)CC(O)C(F)(F)F.CC(O)CC(O)C(F)(F)F.CC(O)CC(O)C(F)(F)F.CC(O)CC(O)C(F)(F)F.CC1=C(C2=C(C3=C(C)S(=O)(=O)c4ccccc43)C(F)(F)C(F)(F)C2(F)F)c2ccccc2S1(=O)=O.C[C@]12C(=C3C(=C4c5ccccc5S(=O)(=O)[C@@]41C)C(F)(F)C(F)(F)C3(F)F)c1ccccc1S2(=O)=O.I[I-]I.I[I-]I.[Eu].[Eu].[U].[V]. The third kappa shape index (κ3) is 32.4. The van der Waals surface area contributed by atoms with Crippen molar-refractivity contribution >= 4 is 136 Å². The van der Waals surface area contributed by atoms with Crippen LogP contribution >= 0.6 is 74.5 Å². The summed E-state index contributed by atoms with van der Waals surface area (Å²) < 4.78 is 490. The van der Waals surface area contributed by atoms with E-state index in [1.807, 2.05) is 0 Å². The molecule has 0 bridgehead atoms. The van der Waals surface area contributed by atoms with E-state index in [2.05, 4.69) is 74.5 Å². The van der Waals surface area contributed by atoms with Crippen molar-refractivity contribution in [2.24, 2.45) is 0 Å². The Kier molecular flexibility index (Phi) is 57.5. The van der Waals surface area contributed by atoms with Gasteiger partial charge in [0, 0.05) is 232 Å². The fourth-order valence-corrected chi connectivity index (χ4v) is 21.9. The largest absolute Gasteiger partial charge is 0 e. The summed E-state index contributed by atoms with van der Waals surface area (Å²) in [4.78, 5) is -3.81. The predicted octanol–water partition coefficient (Wildman–Crippen LogP) is 12.2. The van der Waals surface area contributed by atoms with Crippen molar-refractivity contribution in [1.29, 1.82) is 0 Å². The fraction of sp³-hybridized carbons (Fsp3) is 0.553. The summed E-state index contributed by atoms with van der Waals surface area (Å²) >= 11 is 10.6. The van der Waals surface area contributed by atoms with E-state index in [1.54, 1.807) is 0 Å². The van der Waals surface area contributed by atoms with Gasteiger partial charge in [0.1, 0.15) is 9.49 Å². The molecule has 4 aromatic carbocycles. The van der Waals surface area contributed by atoms with Crippen LogP contribution < -0.4 is 26.5 Å². The van der Waals surface area contributed by atoms with Gasteiger partial charge in [0.2, 0.25) is 19.7 Å². The Morgan fingerprint density at radius 1 is 0.293 bits per heavy atom. The van der Waals surface area contributed by atoms with Crippen molar-refractivity contribution in [3.63, 3.8) is 0 Å². The van der Waals surface area contributed by atoms with Crippen LogP contribution in [0.25, 0.3) is 22.3 Å². The minimum atomic E-state index is -5.98. The van der Waals surface area contributed by atoms with E-state index in [4.69, 9.17) is 61.3 Å². The Morgan fingerprint density at radius 2 is 0.443 bits per heavy atom. The van der Waals surface area contributed by atoms with Crippen LogP contribution in [0.5, 0.6) is 0 Å². The molecule has 4 aromatic rings. The van der Waals surface area contributed by atoms with Crippen LogP contribution in [-0.4, -0.2) is 250 Å². The third-order valence-electron chi connectivity index (χ3n) is 20.2. The average molecular weight is 3370 g/mol. The molecule has 14 atom stereocenters. The topological polar surface area (TPSA) is 379 Å². The van der Waals surface area contributed by atoms with Crippen LogP contribution in [0.3, 0.4) is 0 Å². The molecule has 4 heterocycles. The minimum Gasteiger partial charge on any atom is 0 e. The Hall–Kier alpha value is 1.99. The van der Waals surface area contributed by atoms with Gasteiger partial charge in [0.15, 0.2) is 56.3 Å². The maximum absolute atomic E-state index is 15.4. The zero-order valence-electron chi connectivity index (χ0n) is 72.0. The summed E-state index contributed by atoms with van der Waals surface area (Å²) in [5.74, 6) is -34.0. The molecular weight excluding hydrogens is 3290 g/mol. The van der Waals surface area contributed by atoms with Gasteiger partial charge >= 0.3 is 174 Å². The second-order valence-electron chi connectivity index (χ2n) is 30.6. The molecule has 7 aliphatic rings. The fourth-order valence-electron chi connectivity index (χ4n) is 13.7. The zero-order valence-corrected chi connectivity index (χ0v) is 98.6. The van der Waals surface area contributed by atoms with E-state index < -0.39 is 329 Å². The van der Waals surface area contributed by atoms with Crippen LogP contribution in [0, 0.1) is 130 Å². The summed E-state index contributed by atoms with van der Waals surface area (Å²) in [6.07, 6.45) is -52.9. The van der Waals surface area contributed by atoms with E-state index in [0.717, 1.165) is 76.2 Å².